The molecular weight excluding hydrogens is 214 g/mol. The van der Waals surface area contributed by atoms with Crippen molar-refractivity contribution in [3.8, 4) is 0 Å². The summed E-state index contributed by atoms with van der Waals surface area (Å²) in [4.78, 5) is 21.3. The highest BCUT2D eigenvalue weighted by Crippen LogP contribution is 2.36. The quantitative estimate of drug-likeness (QED) is 0.707. The van der Waals surface area contributed by atoms with Crippen molar-refractivity contribution in [2.45, 2.75) is 24.5 Å². The Kier molecular flexibility index (Phi) is 4.20. The summed E-state index contributed by atoms with van der Waals surface area (Å²) in [5, 5.41) is 11.0. The van der Waals surface area contributed by atoms with Gasteiger partial charge in [-0.25, -0.2) is 4.79 Å². The van der Waals surface area contributed by atoms with Gasteiger partial charge in [0.05, 0.1) is 0 Å². The minimum Gasteiger partial charge on any atom is -0.478 e. The van der Waals surface area contributed by atoms with E-state index in [1.165, 1.54) is 6.42 Å². The normalized spacial score (nSPS) is 25.7. The third-order valence-electron chi connectivity index (χ3n) is 2.31. The van der Waals surface area contributed by atoms with Crippen LogP contribution in [0.3, 0.4) is 0 Å². The zero-order valence-corrected chi connectivity index (χ0v) is 9.47. The number of carboxylic acid groups (broad SMARTS) is 1. The van der Waals surface area contributed by atoms with Crippen molar-refractivity contribution in [3.05, 3.63) is 12.2 Å². The fourth-order valence-corrected chi connectivity index (χ4v) is 2.70. The van der Waals surface area contributed by atoms with Crippen LogP contribution in [-0.2, 0) is 9.59 Å². The minimum absolute atomic E-state index is 0.118. The van der Waals surface area contributed by atoms with Gasteiger partial charge in [0.15, 0.2) is 0 Å². The molecule has 1 heterocycles. The molecule has 2 N–H and O–H groups in total. The number of aliphatic carboxylic acids is 1. The van der Waals surface area contributed by atoms with Crippen LogP contribution in [0.4, 0.5) is 0 Å². The molecule has 0 aromatic carbocycles. The first-order valence-corrected chi connectivity index (χ1v) is 5.83. The van der Waals surface area contributed by atoms with Crippen LogP contribution in [0.2, 0.25) is 0 Å². The molecule has 0 spiro atoms. The molecule has 0 aromatic heterocycles. The summed E-state index contributed by atoms with van der Waals surface area (Å²) in [5.41, 5.74) is 0. The van der Waals surface area contributed by atoms with Crippen LogP contribution in [0.15, 0.2) is 12.2 Å². The lowest BCUT2D eigenvalue weighted by Gasteiger charge is -2.22. The zero-order valence-electron chi connectivity index (χ0n) is 8.66. The summed E-state index contributed by atoms with van der Waals surface area (Å²) in [7, 11) is 0. The number of thioether (sulfide) groups is 1. The van der Waals surface area contributed by atoms with Crippen LogP contribution in [0, 0.1) is 0 Å². The Labute approximate surface area is 93.1 Å². The molecule has 1 amide bonds. The third-order valence-corrected chi connectivity index (χ3v) is 3.85. The molecule has 1 fully saturated rings. The first-order chi connectivity index (χ1) is 7.02. The number of nitrogens with one attached hydrogen (secondary N) is 1. The van der Waals surface area contributed by atoms with Crippen LogP contribution >= 0.6 is 11.8 Å². The van der Waals surface area contributed by atoms with E-state index >= 15 is 0 Å². The van der Waals surface area contributed by atoms with E-state index in [1.54, 1.807) is 0 Å². The lowest BCUT2D eigenvalue weighted by molar-refractivity contribution is -0.131. The van der Waals surface area contributed by atoms with Crippen LogP contribution in [-0.4, -0.2) is 34.0 Å². The SMILES string of the molecule is CC1(CNC(=O)/C=C/C(=O)O)CCCS1. The highest BCUT2D eigenvalue weighted by Gasteiger charge is 2.29. The lowest BCUT2D eigenvalue weighted by atomic mass is 10.1. The van der Waals surface area contributed by atoms with E-state index in [0.29, 0.717) is 6.54 Å². The van der Waals surface area contributed by atoms with Crippen LogP contribution in [0.25, 0.3) is 0 Å². The molecule has 4 nitrogen and oxygen atoms in total. The number of amides is 1. The average Bonchev–Trinajstić information content (AvgIpc) is 2.60. The lowest BCUT2D eigenvalue weighted by Crippen LogP contribution is -2.35. The van der Waals surface area contributed by atoms with Crippen LogP contribution in [0.1, 0.15) is 19.8 Å². The van der Waals surface area contributed by atoms with E-state index < -0.39 is 5.97 Å². The number of carboxylic acids is 1. The zero-order chi connectivity index (χ0) is 11.3. The van der Waals surface area contributed by atoms with E-state index in [2.05, 4.69) is 12.2 Å². The Morgan fingerprint density at radius 1 is 1.53 bits per heavy atom. The van der Waals surface area contributed by atoms with E-state index in [1.807, 2.05) is 11.8 Å². The Bertz CT molecular complexity index is 282. The molecule has 84 valence electrons. The molecule has 0 aromatic rings. The van der Waals surface area contributed by atoms with Gasteiger partial charge in [0, 0.05) is 23.4 Å². The molecule has 0 radical (unpaired) electrons. The molecule has 1 atom stereocenters. The summed E-state index contributed by atoms with van der Waals surface area (Å²) in [5.74, 6) is -0.310. The second-order valence-electron chi connectivity index (χ2n) is 3.79. The minimum atomic E-state index is -1.10. The van der Waals surface area contributed by atoms with E-state index in [-0.39, 0.29) is 10.7 Å². The second kappa shape index (κ2) is 5.21. The van der Waals surface area contributed by atoms with Crippen molar-refractivity contribution >= 4 is 23.6 Å². The van der Waals surface area contributed by atoms with Crippen molar-refractivity contribution in [3.63, 3.8) is 0 Å². The standard InChI is InChI=1S/C10H15NO3S/c1-10(5-2-6-15-10)7-11-8(12)3-4-9(13)14/h3-4H,2,5-7H2,1H3,(H,11,12)(H,13,14)/b4-3+. The molecule has 1 rings (SSSR count). The van der Waals surface area contributed by atoms with E-state index in [9.17, 15) is 9.59 Å². The summed E-state index contributed by atoms with van der Waals surface area (Å²) in [6.45, 7) is 2.71. The molecule has 1 aliphatic rings. The van der Waals surface area contributed by atoms with Gasteiger partial charge in [0.25, 0.3) is 0 Å². The predicted molar refractivity (Wildman–Crippen MR) is 59.9 cm³/mol. The summed E-state index contributed by atoms with van der Waals surface area (Å²) in [6.07, 6.45) is 4.17. The molecule has 0 bridgehead atoms. The maximum absolute atomic E-state index is 11.2. The molecule has 1 unspecified atom stereocenters. The fourth-order valence-electron chi connectivity index (χ4n) is 1.46. The Hall–Kier alpha value is -0.970. The summed E-state index contributed by atoms with van der Waals surface area (Å²) >= 11 is 1.86. The van der Waals surface area contributed by atoms with Gasteiger partial charge in [0.2, 0.25) is 5.91 Å². The molecular formula is C10H15NO3S. The van der Waals surface area contributed by atoms with Crippen LogP contribution in [0.5, 0.6) is 0 Å². The molecule has 1 saturated heterocycles. The Balaban J connectivity index is 2.30. The van der Waals surface area contributed by atoms with Gasteiger partial charge in [-0.05, 0) is 25.5 Å². The van der Waals surface area contributed by atoms with Crippen molar-refractivity contribution in [2.24, 2.45) is 0 Å². The highest BCUT2D eigenvalue weighted by molar-refractivity contribution is 8.00. The van der Waals surface area contributed by atoms with Crippen LogP contribution < -0.4 is 5.32 Å². The summed E-state index contributed by atoms with van der Waals surface area (Å²) in [6, 6.07) is 0. The van der Waals surface area contributed by atoms with Crippen molar-refractivity contribution in [1.82, 2.24) is 5.32 Å². The maximum atomic E-state index is 11.2. The van der Waals surface area contributed by atoms with Gasteiger partial charge in [0.1, 0.15) is 0 Å². The van der Waals surface area contributed by atoms with Gasteiger partial charge in [-0.2, -0.15) is 11.8 Å². The predicted octanol–water partition coefficient (Wildman–Crippen LogP) is 1.03. The topological polar surface area (TPSA) is 66.4 Å². The molecule has 0 aliphatic carbocycles. The van der Waals surface area contributed by atoms with Gasteiger partial charge in [-0.3, -0.25) is 4.79 Å². The smallest absolute Gasteiger partial charge is 0.328 e. The molecule has 0 saturated carbocycles. The van der Waals surface area contributed by atoms with E-state index in [0.717, 1.165) is 24.3 Å². The molecule has 5 heteroatoms. The number of hydrogen-bond acceptors (Lipinski definition) is 3. The first kappa shape index (κ1) is 12.1. The van der Waals surface area contributed by atoms with Gasteiger partial charge < -0.3 is 10.4 Å². The third kappa shape index (κ3) is 4.38. The van der Waals surface area contributed by atoms with E-state index in [4.69, 9.17) is 5.11 Å². The van der Waals surface area contributed by atoms with Crippen molar-refractivity contribution < 1.29 is 14.7 Å². The number of carbonyl (C=O) groups excluding carboxylic acids is 1. The van der Waals surface area contributed by atoms with Gasteiger partial charge >= 0.3 is 5.97 Å². The Morgan fingerprint density at radius 2 is 2.27 bits per heavy atom. The number of hydrogen-bond donors (Lipinski definition) is 2. The van der Waals surface area contributed by atoms with Gasteiger partial charge in [-0.1, -0.05) is 0 Å². The average molecular weight is 229 g/mol. The maximum Gasteiger partial charge on any atom is 0.328 e. The fraction of sp³-hybridized carbons (Fsp3) is 0.600. The van der Waals surface area contributed by atoms with Crippen molar-refractivity contribution in [2.75, 3.05) is 12.3 Å². The monoisotopic (exact) mass is 229 g/mol. The first-order valence-electron chi connectivity index (χ1n) is 4.85. The van der Waals surface area contributed by atoms with Gasteiger partial charge in [-0.15, -0.1) is 0 Å². The largest absolute Gasteiger partial charge is 0.478 e. The summed E-state index contributed by atoms with van der Waals surface area (Å²) < 4.78 is 0.118. The Morgan fingerprint density at radius 3 is 2.80 bits per heavy atom. The second-order valence-corrected chi connectivity index (χ2v) is 5.47. The molecule has 1 aliphatic heterocycles. The molecule has 15 heavy (non-hydrogen) atoms. The highest BCUT2D eigenvalue weighted by atomic mass is 32.2. The number of carbonyl (C=O) groups is 2. The number of rotatable bonds is 4. The van der Waals surface area contributed by atoms with Crippen molar-refractivity contribution in [1.29, 1.82) is 0 Å².